The molecule has 0 aromatic heterocycles. The number of amides is 4. The lowest BCUT2D eigenvalue weighted by atomic mass is 10.1. The Kier molecular flexibility index (Phi) is 4.75. The van der Waals surface area contributed by atoms with Crippen molar-refractivity contribution in [3.8, 4) is 5.75 Å². The normalized spacial score (nSPS) is 14.9. The van der Waals surface area contributed by atoms with Gasteiger partial charge in [0.25, 0.3) is 11.8 Å². The van der Waals surface area contributed by atoms with Gasteiger partial charge in [0.2, 0.25) is 11.8 Å². The van der Waals surface area contributed by atoms with Crippen molar-refractivity contribution in [3.63, 3.8) is 0 Å². The molecule has 0 saturated carbocycles. The van der Waals surface area contributed by atoms with E-state index < -0.39 is 0 Å². The molecule has 1 N–H and O–H groups in total. The van der Waals surface area contributed by atoms with Crippen LogP contribution in [0.3, 0.4) is 0 Å². The summed E-state index contributed by atoms with van der Waals surface area (Å²) in [5.74, 6) is -0.660. The third-order valence-corrected chi connectivity index (χ3v) is 4.93. The second-order valence-corrected chi connectivity index (χ2v) is 6.81. The third kappa shape index (κ3) is 3.44. The SMILES string of the molecule is CC(=O)N1CCOc2cc(NC(=O)CCN3C(=O)c4ccccc4C3=O)ccc21. The fraction of sp³-hybridized carbons (Fsp3) is 0.238. The number of carbonyl (C=O) groups excluding carboxylic acids is 4. The van der Waals surface area contributed by atoms with E-state index in [2.05, 4.69) is 5.32 Å². The number of fused-ring (bicyclic) bond motifs is 2. The van der Waals surface area contributed by atoms with E-state index in [1.165, 1.54) is 6.92 Å². The summed E-state index contributed by atoms with van der Waals surface area (Å²) in [4.78, 5) is 51.4. The Morgan fingerprint density at radius 1 is 1.07 bits per heavy atom. The highest BCUT2D eigenvalue weighted by Crippen LogP contribution is 2.34. The average Bonchev–Trinajstić information content (AvgIpc) is 2.96. The Morgan fingerprint density at radius 2 is 1.76 bits per heavy atom. The molecule has 2 aliphatic rings. The first-order valence-electron chi connectivity index (χ1n) is 9.26. The number of nitrogens with one attached hydrogen (secondary N) is 1. The van der Waals surface area contributed by atoms with E-state index in [0.29, 0.717) is 41.4 Å². The molecule has 2 heterocycles. The first kappa shape index (κ1) is 18.7. The van der Waals surface area contributed by atoms with Crippen LogP contribution in [0.5, 0.6) is 5.75 Å². The summed E-state index contributed by atoms with van der Waals surface area (Å²) in [5.41, 5.74) is 1.90. The number of imide groups is 1. The van der Waals surface area contributed by atoms with Crippen LogP contribution >= 0.6 is 0 Å². The molecule has 0 radical (unpaired) electrons. The summed E-state index contributed by atoms with van der Waals surface area (Å²) in [6, 6.07) is 11.7. The molecule has 2 aromatic rings. The molecule has 0 saturated heterocycles. The Hall–Kier alpha value is -3.68. The smallest absolute Gasteiger partial charge is 0.261 e. The van der Waals surface area contributed by atoms with E-state index in [0.717, 1.165) is 4.90 Å². The lowest BCUT2D eigenvalue weighted by Crippen LogP contribution is -2.36. The molecule has 8 heteroatoms. The van der Waals surface area contributed by atoms with Gasteiger partial charge < -0.3 is 15.0 Å². The Labute approximate surface area is 167 Å². The van der Waals surface area contributed by atoms with Crippen molar-refractivity contribution >= 4 is 35.0 Å². The molecule has 0 aliphatic carbocycles. The zero-order chi connectivity index (χ0) is 20.5. The van der Waals surface area contributed by atoms with Crippen molar-refractivity contribution < 1.29 is 23.9 Å². The molecule has 4 amide bonds. The van der Waals surface area contributed by atoms with Crippen LogP contribution in [0.1, 0.15) is 34.1 Å². The minimum Gasteiger partial charge on any atom is -0.489 e. The van der Waals surface area contributed by atoms with E-state index in [-0.39, 0.29) is 36.6 Å². The summed E-state index contributed by atoms with van der Waals surface area (Å²) in [7, 11) is 0. The van der Waals surface area contributed by atoms with Crippen molar-refractivity contribution in [1.82, 2.24) is 4.90 Å². The van der Waals surface area contributed by atoms with E-state index in [4.69, 9.17) is 4.74 Å². The number of carbonyl (C=O) groups is 4. The zero-order valence-corrected chi connectivity index (χ0v) is 15.8. The highest BCUT2D eigenvalue weighted by molar-refractivity contribution is 6.21. The molecule has 0 fully saturated rings. The monoisotopic (exact) mass is 393 g/mol. The Balaban J connectivity index is 1.39. The molecule has 148 valence electrons. The highest BCUT2D eigenvalue weighted by atomic mass is 16.5. The van der Waals surface area contributed by atoms with Crippen LogP contribution in [0.4, 0.5) is 11.4 Å². The number of nitrogens with zero attached hydrogens (tertiary/aromatic N) is 2. The summed E-state index contributed by atoms with van der Waals surface area (Å²) >= 11 is 0. The van der Waals surface area contributed by atoms with Gasteiger partial charge in [0.15, 0.2) is 0 Å². The van der Waals surface area contributed by atoms with Gasteiger partial charge in [0, 0.05) is 31.6 Å². The molecule has 2 aliphatic heterocycles. The highest BCUT2D eigenvalue weighted by Gasteiger charge is 2.35. The molecular formula is C21H19N3O5. The van der Waals surface area contributed by atoms with Gasteiger partial charge in [-0.05, 0) is 24.3 Å². The van der Waals surface area contributed by atoms with Gasteiger partial charge in [-0.3, -0.25) is 24.1 Å². The molecule has 2 aromatic carbocycles. The summed E-state index contributed by atoms with van der Waals surface area (Å²) in [6.45, 7) is 2.35. The average molecular weight is 393 g/mol. The fourth-order valence-corrected chi connectivity index (χ4v) is 3.50. The van der Waals surface area contributed by atoms with E-state index in [1.54, 1.807) is 47.4 Å². The Morgan fingerprint density at radius 3 is 2.41 bits per heavy atom. The molecule has 29 heavy (non-hydrogen) atoms. The maximum atomic E-state index is 12.3. The van der Waals surface area contributed by atoms with Crippen LogP contribution in [0.25, 0.3) is 0 Å². The topological polar surface area (TPSA) is 96.0 Å². The zero-order valence-electron chi connectivity index (χ0n) is 15.8. The van der Waals surface area contributed by atoms with E-state index in [9.17, 15) is 19.2 Å². The summed E-state index contributed by atoms with van der Waals surface area (Å²) < 4.78 is 5.59. The number of hydrogen-bond donors (Lipinski definition) is 1. The van der Waals surface area contributed by atoms with Gasteiger partial charge in [-0.25, -0.2) is 0 Å². The van der Waals surface area contributed by atoms with Crippen LogP contribution in [0, 0.1) is 0 Å². The fourth-order valence-electron chi connectivity index (χ4n) is 3.50. The Bertz CT molecular complexity index is 998. The predicted octanol–water partition coefficient (Wildman–Crippen LogP) is 2.06. The standard InChI is InChI=1S/C21H19N3O5/c1-13(25)23-10-11-29-18-12-14(6-7-17(18)23)22-19(26)8-9-24-20(27)15-4-2-3-5-16(15)21(24)28/h2-7,12H,8-11H2,1H3,(H,22,26). The molecule has 0 spiro atoms. The van der Waals surface area contributed by atoms with Crippen molar-refractivity contribution in [2.24, 2.45) is 0 Å². The summed E-state index contributed by atoms with van der Waals surface area (Å²) in [6.07, 6.45) is -0.0248. The van der Waals surface area contributed by atoms with Crippen molar-refractivity contribution in [1.29, 1.82) is 0 Å². The quantitative estimate of drug-likeness (QED) is 0.802. The maximum absolute atomic E-state index is 12.3. The molecule has 0 unspecified atom stereocenters. The predicted molar refractivity (Wildman–Crippen MR) is 105 cm³/mol. The van der Waals surface area contributed by atoms with E-state index >= 15 is 0 Å². The number of anilines is 2. The first-order chi connectivity index (χ1) is 14.0. The second kappa shape index (κ2) is 7.38. The summed E-state index contributed by atoms with van der Waals surface area (Å²) in [5, 5.41) is 2.74. The van der Waals surface area contributed by atoms with Crippen LogP contribution in [-0.4, -0.2) is 48.2 Å². The minimum atomic E-state index is -0.384. The van der Waals surface area contributed by atoms with Crippen LogP contribution < -0.4 is 15.0 Å². The molecule has 0 atom stereocenters. The number of rotatable bonds is 4. The van der Waals surface area contributed by atoms with Crippen LogP contribution in [0.15, 0.2) is 42.5 Å². The van der Waals surface area contributed by atoms with Crippen molar-refractivity contribution in [2.75, 3.05) is 29.9 Å². The molecule has 8 nitrogen and oxygen atoms in total. The van der Waals surface area contributed by atoms with Gasteiger partial charge in [-0.2, -0.15) is 0 Å². The van der Waals surface area contributed by atoms with E-state index in [1.807, 2.05) is 0 Å². The van der Waals surface area contributed by atoms with Gasteiger partial charge >= 0.3 is 0 Å². The molecule has 4 rings (SSSR count). The number of benzene rings is 2. The maximum Gasteiger partial charge on any atom is 0.261 e. The second-order valence-electron chi connectivity index (χ2n) is 6.81. The number of hydrogen-bond acceptors (Lipinski definition) is 5. The van der Waals surface area contributed by atoms with Crippen LogP contribution in [-0.2, 0) is 9.59 Å². The lowest BCUT2D eigenvalue weighted by molar-refractivity contribution is -0.117. The van der Waals surface area contributed by atoms with Crippen LogP contribution in [0.2, 0.25) is 0 Å². The molecular weight excluding hydrogens is 374 g/mol. The van der Waals surface area contributed by atoms with Gasteiger partial charge in [0.1, 0.15) is 12.4 Å². The van der Waals surface area contributed by atoms with Gasteiger partial charge in [-0.15, -0.1) is 0 Å². The van der Waals surface area contributed by atoms with Gasteiger partial charge in [0.05, 0.1) is 23.4 Å². The van der Waals surface area contributed by atoms with Crippen molar-refractivity contribution in [3.05, 3.63) is 53.6 Å². The van der Waals surface area contributed by atoms with Crippen molar-refractivity contribution in [2.45, 2.75) is 13.3 Å². The largest absolute Gasteiger partial charge is 0.489 e. The minimum absolute atomic E-state index is 0.00225. The first-order valence-corrected chi connectivity index (χ1v) is 9.26. The third-order valence-electron chi connectivity index (χ3n) is 4.93. The number of ether oxygens (including phenoxy) is 1. The van der Waals surface area contributed by atoms with Gasteiger partial charge in [-0.1, -0.05) is 12.1 Å². The lowest BCUT2D eigenvalue weighted by Gasteiger charge is -2.29. The molecule has 0 bridgehead atoms.